The Kier molecular flexibility index (Phi) is 5.48. The molecule has 2 amide bonds. The van der Waals surface area contributed by atoms with Crippen LogP contribution in [-0.2, 0) is 6.42 Å². The normalized spacial score (nSPS) is 11.6. The Morgan fingerprint density at radius 1 is 1.21 bits per heavy atom. The average molecular weight is 381 g/mol. The number of rotatable bonds is 5. The zero-order valence-electron chi connectivity index (χ0n) is 16.9. The number of carbonyl (C=O) groups is 1. The van der Waals surface area contributed by atoms with E-state index >= 15 is 0 Å². The average Bonchev–Trinajstić information content (AvgIpc) is 3.23. The highest BCUT2D eigenvalue weighted by Gasteiger charge is 2.16. The van der Waals surface area contributed by atoms with E-state index in [1.165, 1.54) is 0 Å². The second-order valence-electron chi connectivity index (χ2n) is 8.30. The number of hydrogen-bond acceptors (Lipinski definition) is 4. The maximum Gasteiger partial charge on any atom is 0.324 e. The number of nitrogens with zero attached hydrogens (tertiary/aromatic N) is 4. The SMILES string of the molecule is CC(C)n1cnnc1-c1ccccc1NC(=O)Nc1cc(CC(C)(C)C)[nH]n1. The van der Waals surface area contributed by atoms with Crippen LogP contribution in [0.5, 0.6) is 0 Å². The van der Waals surface area contributed by atoms with E-state index in [1.54, 1.807) is 6.33 Å². The fourth-order valence-corrected chi connectivity index (χ4v) is 2.96. The standard InChI is InChI=1S/C20H27N7O/c1-13(2)27-12-21-26-18(27)15-8-6-7-9-16(15)22-19(28)23-17-10-14(24-25-17)11-20(3,4)5/h6-10,12-13H,11H2,1-5H3,(H3,22,23,24,25,28). The Labute approximate surface area is 164 Å². The molecule has 3 N–H and O–H groups in total. The van der Waals surface area contributed by atoms with Crippen molar-refractivity contribution < 1.29 is 4.79 Å². The summed E-state index contributed by atoms with van der Waals surface area (Å²) >= 11 is 0. The first-order valence-electron chi connectivity index (χ1n) is 9.34. The summed E-state index contributed by atoms with van der Waals surface area (Å²) in [6.07, 6.45) is 2.54. The summed E-state index contributed by atoms with van der Waals surface area (Å²) in [6.45, 7) is 10.6. The smallest absolute Gasteiger partial charge is 0.311 e. The molecule has 0 aliphatic heterocycles. The number of aromatic amines is 1. The van der Waals surface area contributed by atoms with Gasteiger partial charge in [-0.05, 0) is 37.8 Å². The lowest BCUT2D eigenvalue weighted by Crippen LogP contribution is -2.20. The Morgan fingerprint density at radius 3 is 2.68 bits per heavy atom. The van der Waals surface area contributed by atoms with Crippen molar-refractivity contribution in [1.82, 2.24) is 25.0 Å². The Hall–Kier alpha value is -3.16. The van der Waals surface area contributed by atoms with Crippen LogP contribution in [0.4, 0.5) is 16.3 Å². The molecule has 0 saturated carbocycles. The van der Waals surface area contributed by atoms with Gasteiger partial charge in [-0.15, -0.1) is 10.2 Å². The van der Waals surface area contributed by atoms with Gasteiger partial charge in [-0.3, -0.25) is 10.4 Å². The number of urea groups is 1. The van der Waals surface area contributed by atoms with Gasteiger partial charge >= 0.3 is 6.03 Å². The Bertz CT molecular complexity index is 949. The van der Waals surface area contributed by atoms with Crippen LogP contribution in [0.1, 0.15) is 46.4 Å². The summed E-state index contributed by atoms with van der Waals surface area (Å²) < 4.78 is 1.96. The molecule has 0 fully saturated rings. The van der Waals surface area contributed by atoms with Crippen LogP contribution in [0.15, 0.2) is 36.7 Å². The predicted octanol–water partition coefficient (Wildman–Crippen LogP) is 4.48. The topological polar surface area (TPSA) is 101 Å². The van der Waals surface area contributed by atoms with Gasteiger partial charge in [0.15, 0.2) is 11.6 Å². The molecule has 0 aliphatic carbocycles. The number of amides is 2. The van der Waals surface area contributed by atoms with Crippen molar-refractivity contribution in [3.63, 3.8) is 0 Å². The lowest BCUT2D eigenvalue weighted by atomic mass is 9.91. The molecular formula is C20H27N7O. The van der Waals surface area contributed by atoms with Crippen LogP contribution < -0.4 is 10.6 Å². The third-order valence-corrected chi connectivity index (χ3v) is 4.14. The zero-order valence-corrected chi connectivity index (χ0v) is 16.9. The van der Waals surface area contributed by atoms with Gasteiger partial charge < -0.3 is 9.88 Å². The molecule has 28 heavy (non-hydrogen) atoms. The van der Waals surface area contributed by atoms with Gasteiger partial charge in [0.2, 0.25) is 0 Å². The fourth-order valence-electron chi connectivity index (χ4n) is 2.96. The van der Waals surface area contributed by atoms with Crippen molar-refractivity contribution >= 4 is 17.5 Å². The fraction of sp³-hybridized carbons (Fsp3) is 0.400. The van der Waals surface area contributed by atoms with Crippen LogP contribution in [-0.4, -0.2) is 31.0 Å². The lowest BCUT2D eigenvalue weighted by molar-refractivity contribution is 0.262. The number of hydrogen-bond donors (Lipinski definition) is 3. The minimum Gasteiger partial charge on any atom is -0.311 e. The molecule has 0 spiro atoms. The quantitative estimate of drug-likeness (QED) is 0.606. The lowest BCUT2D eigenvalue weighted by Gasteiger charge is -2.15. The van der Waals surface area contributed by atoms with Crippen LogP contribution in [0, 0.1) is 5.41 Å². The van der Waals surface area contributed by atoms with Gasteiger partial charge in [-0.25, -0.2) is 4.79 Å². The van der Waals surface area contributed by atoms with E-state index < -0.39 is 0 Å². The van der Waals surface area contributed by atoms with E-state index in [0.29, 0.717) is 17.3 Å². The van der Waals surface area contributed by atoms with E-state index in [1.807, 2.05) is 34.9 Å². The van der Waals surface area contributed by atoms with Gasteiger partial charge in [-0.2, -0.15) is 5.10 Å². The van der Waals surface area contributed by atoms with Crippen LogP contribution >= 0.6 is 0 Å². The number of para-hydroxylation sites is 1. The summed E-state index contributed by atoms with van der Waals surface area (Å²) in [5.74, 6) is 1.19. The maximum absolute atomic E-state index is 12.5. The molecule has 0 atom stereocenters. The first kappa shape index (κ1) is 19.6. The third-order valence-electron chi connectivity index (χ3n) is 4.14. The summed E-state index contributed by atoms with van der Waals surface area (Å²) in [4.78, 5) is 12.5. The number of carbonyl (C=O) groups excluding carboxylic acids is 1. The van der Waals surface area contributed by atoms with E-state index in [9.17, 15) is 4.79 Å². The van der Waals surface area contributed by atoms with Crippen molar-refractivity contribution in [3.8, 4) is 11.4 Å². The van der Waals surface area contributed by atoms with Crippen molar-refractivity contribution in [1.29, 1.82) is 0 Å². The van der Waals surface area contributed by atoms with Gasteiger partial charge in [0.1, 0.15) is 6.33 Å². The largest absolute Gasteiger partial charge is 0.324 e. The minimum absolute atomic E-state index is 0.136. The monoisotopic (exact) mass is 381 g/mol. The molecule has 2 aromatic heterocycles. The van der Waals surface area contributed by atoms with Crippen LogP contribution in [0.2, 0.25) is 0 Å². The van der Waals surface area contributed by atoms with E-state index in [4.69, 9.17) is 0 Å². The highest BCUT2D eigenvalue weighted by atomic mass is 16.2. The molecule has 3 aromatic rings. The number of benzene rings is 1. The van der Waals surface area contributed by atoms with Crippen molar-refractivity contribution in [3.05, 3.63) is 42.4 Å². The number of aromatic nitrogens is 5. The zero-order chi connectivity index (χ0) is 20.3. The molecule has 0 bridgehead atoms. The molecule has 0 radical (unpaired) electrons. The van der Waals surface area contributed by atoms with Crippen molar-refractivity contribution in [2.45, 2.75) is 47.1 Å². The van der Waals surface area contributed by atoms with Crippen molar-refractivity contribution in [2.24, 2.45) is 5.41 Å². The molecule has 0 saturated heterocycles. The first-order chi connectivity index (χ1) is 13.2. The van der Waals surface area contributed by atoms with E-state index in [2.05, 4.69) is 65.6 Å². The minimum atomic E-state index is -0.364. The van der Waals surface area contributed by atoms with Crippen LogP contribution in [0.25, 0.3) is 11.4 Å². The summed E-state index contributed by atoms with van der Waals surface area (Å²) in [5.41, 5.74) is 2.57. The highest BCUT2D eigenvalue weighted by molar-refractivity contribution is 6.01. The van der Waals surface area contributed by atoms with Crippen molar-refractivity contribution in [2.75, 3.05) is 10.6 Å². The predicted molar refractivity (Wildman–Crippen MR) is 110 cm³/mol. The highest BCUT2D eigenvalue weighted by Crippen LogP contribution is 2.28. The number of H-pyrrole nitrogens is 1. The Morgan fingerprint density at radius 2 is 1.96 bits per heavy atom. The van der Waals surface area contributed by atoms with Crippen LogP contribution in [0.3, 0.4) is 0 Å². The van der Waals surface area contributed by atoms with Gasteiger partial charge in [-0.1, -0.05) is 32.9 Å². The van der Waals surface area contributed by atoms with Gasteiger partial charge in [0.25, 0.3) is 0 Å². The van der Waals surface area contributed by atoms with Gasteiger partial charge in [0, 0.05) is 23.4 Å². The summed E-state index contributed by atoms with van der Waals surface area (Å²) in [7, 11) is 0. The molecule has 1 aromatic carbocycles. The van der Waals surface area contributed by atoms with Gasteiger partial charge in [0.05, 0.1) is 5.69 Å². The second kappa shape index (κ2) is 7.84. The Balaban J connectivity index is 1.74. The second-order valence-corrected chi connectivity index (χ2v) is 8.30. The molecule has 8 nitrogen and oxygen atoms in total. The van der Waals surface area contributed by atoms with E-state index in [0.717, 1.165) is 17.7 Å². The summed E-state index contributed by atoms with van der Waals surface area (Å²) in [5, 5.41) is 21.0. The third kappa shape index (κ3) is 4.76. The number of nitrogens with one attached hydrogen (secondary N) is 3. The molecule has 148 valence electrons. The molecule has 0 unspecified atom stereocenters. The molecule has 8 heteroatoms. The molecular weight excluding hydrogens is 354 g/mol. The first-order valence-corrected chi connectivity index (χ1v) is 9.34. The molecule has 3 rings (SSSR count). The molecule has 2 heterocycles. The van der Waals surface area contributed by atoms with E-state index in [-0.39, 0.29) is 17.5 Å². The number of anilines is 2. The maximum atomic E-state index is 12.5. The molecule has 0 aliphatic rings. The summed E-state index contributed by atoms with van der Waals surface area (Å²) in [6, 6.07) is 9.22.